The molecule has 1 N–H and O–H groups in total. The third-order valence-electron chi connectivity index (χ3n) is 3.81. The number of ether oxygens (including phenoxy) is 2. The summed E-state index contributed by atoms with van der Waals surface area (Å²) in [4.78, 5) is 12.2. The van der Waals surface area contributed by atoms with Crippen LogP contribution in [0, 0.1) is 0 Å². The number of nitrogens with one attached hydrogen (secondary N) is 1. The fourth-order valence-corrected chi connectivity index (χ4v) is 2.33. The Hall–Kier alpha value is -2.49. The van der Waals surface area contributed by atoms with Crippen LogP contribution in [0.5, 0.6) is 11.5 Å². The number of carbonyl (C=O) groups is 1. The second-order valence-corrected chi connectivity index (χ2v) is 5.38. The Morgan fingerprint density at radius 3 is 2.43 bits per heavy atom. The van der Waals surface area contributed by atoms with E-state index in [1.54, 1.807) is 19.2 Å². The molecular weight excluding hydrogens is 290 g/mol. The van der Waals surface area contributed by atoms with Gasteiger partial charge in [0.2, 0.25) is 0 Å². The molecule has 0 unspecified atom stereocenters. The molecule has 2 rings (SSSR count). The smallest absolute Gasteiger partial charge is 0.262 e. The molecule has 0 bridgehead atoms. The molecule has 2 aromatic rings. The van der Waals surface area contributed by atoms with Crippen LogP contribution < -0.4 is 14.8 Å². The molecule has 23 heavy (non-hydrogen) atoms. The Balaban J connectivity index is 2.00. The Kier molecular flexibility index (Phi) is 6.03. The lowest BCUT2D eigenvalue weighted by molar-refractivity contribution is -0.118. The standard InChI is InChI=1S/C19H23NO3/c1-4-14(2)15-9-5-6-10-16(15)20-19(21)13-23-18-12-8-7-11-17(18)22-3/h5-12,14H,4,13H2,1-3H3,(H,20,21)/t14-/m1/s1. The Morgan fingerprint density at radius 2 is 1.74 bits per heavy atom. The van der Waals surface area contributed by atoms with E-state index in [2.05, 4.69) is 19.2 Å². The number of benzene rings is 2. The van der Waals surface area contributed by atoms with Crippen molar-refractivity contribution in [2.45, 2.75) is 26.2 Å². The summed E-state index contributed by atoms with van der Waals surface area (Å²) in [7, 11) is 1.57. The number of rotatable bonds is 7. The average Bonchev–Trinajstić information content (AvgIpc) is 2.60. The number of carbonyl (C=O) groups excluding carboxylic acids is 1. The molecule has 0 aromatic heterocycles. The van der Waals surface area contributed by atoms with Gasteiger partial charge in [-0.05, 0) is 36.1 Å². The summed E-state index contributed by atoms with van der Waals surface area (Å²) in [5.41, 5.74) is 1.98. The molecule has 0 heterocycles. The Labute approximate surface area is 137 Å². The fraction of sp³-hybridized carbons (Fsp3) is 0.316. The van der Waals surface area contributed by atoms with Crippen LogP contribution in [0.1, 0.15) is 31.7 Å². The Bertz CT molecular complexity index is 655. The van der Waals surface area contributed by atoms with Gasteiger partial charge in [-0.1, -0.05) is 44.2 Å². The molecule has 122 valence electrons. The van der Waals surface area contributed by atoms with E-state index in [1.807, 2.05) is 36.4 Å². The minimum Gasteiger partial charge on any atom is -0.493 e. The predicted molar refractivity (Wildman–Crippen MR) is 92.3 cm³/mol. The highest BCUT2D eigenvalue weighted by atomic mass is 16.5. The largest absolute Gasteiger partial charge is 0.493 e. The van der Waals surface area contributed by atoms with Crippen LogP contribution in [0.4, 0.5) is 5.69 Å². The van der Waals surface area contributed by atoms with Crippen molar-refractivity contribution >= 4 is 11.6 Å². The highest BCUT2D eigenvalue weighted by Crippen LogP contribution is 2.27. The maximum Gasteiger partial charge on any atom is 0.262 e. The third kappa shape index (κ3) is 4.49. The van der Waals surface area contributed by atoms with Gasteiger partial charge >= 0.3 is 0 Å². The van der Waals surface area contributed by atoms with Gasteiger partial charge in [0, 0.05) is 5.69 Å². The van der Waals surface area contributed by atoms with E-state index in [9.17, 15) is 4.79 Å². The summed E-state index contributed by atoms with van der Waals surface area (Å²) in [6.45, 7) is 4.22. The average molecular weight is 313 g/mol. The second-order valence-electron chi connectivity index (χ2n) is 5.38. The number of methoxy groups -OCH3 is 1. The molecule has 4 nitrogen and oxygen atoms in total. The highest BCUT2D eigenvalue weighted by molar-refractivity contribution is 5.92. The summed E-state index contributed by atoms with van der Waals surface area (Å²) in [6.07, 6.45) is 1.02. The molecule has 1 amide bonds. The van der Waals surface area contributed by atoms with E-state index in [4.69, 9.17) is 9.47 Å². The molecule has 0 aliphatic rings. The monoisotopic (exact) mass is 313 g/mol. The zero-order valence-corrected chi connectivity index (χ0v) is 13.8. The lowest BCUT2D eigenvalue weighted by Crippen LogP contribution is -2.21. The quantitative estimate of drug-likeness (QED) is 0.832. The molecule has 4 heteroatoms. The number of para-hydroxylation sites is 3. The van der Waals surface area contributed by atoms with Gasteiger partial charge in [-0.2, -0.15) is 0 Å². The van der Waals surface area contributed by atoms with Crippen molar-refractivity contribution in [3.8, 4) is 11.5 Å². The van der Waals surface area contributed by atoms with Crippen LogP contribution >= 0.6 is 0 Å². The van der Waals surface area contributed by atoms with Crippen molar-refractivity contribution < 1.29 is 14.3 Å². The van der Waals surface area contributed by atoms with E-state index < -0.39 is 0 Å². The summed E-state index contributed by atoms with van der Waals surface area (Å²) in [5.74, 6) is 1.37. The van der Waals surface area contributed by atoms with Crippen molar-refractivity contribution in [3.05, 3.63) is 54.1 Å². The summed E-state index contributed by atoms with van der Waals surface area (Å²) in [6, 6.07) is 15.1. The Morgan fingerprint density at radius 1 is 1.09 bits per heavy atom. The number of anilines is 1. The molecule has 0 radical (unpaired) electrons. The molecule has 0 aliphatic carbocycles. The SMILES string of the molecule is CC[C@@H](C)c1ccccc1NC(=O)COc1ccccc1OC. The molecule has 0 aliphatic heterocycles. The topological polar surface area (TPSA) is 47.6 Å². The fourth-order valence-electron chi connectivity index (χ4n) is 2.33. The van der Waals surface area contributed by atoms with Crippen molar-refractivity contribution in [2.24, 2.45) is 0 Å². The van der Waals surface area contributed by atoms with Gasteiger partial charge < -0.3 is 14.8 Å². The molecule has 0 saturated carbocycles. The molecule has 1 atom stereocenters. The first-order chi connectivity index (χ1) is 11.2. The van der Waals surface area contributed by atoms with Crippen LogP contribution in [-0.4, -0.2) is 19.6 Å². The van der Waals surface area contributed by atoms with Gasteiger partial charge in [0.25, 0.3) is 5.91 Å². The van der Waals surface area contributed by atoms with Crippen LogP contribution in [0.2, 0.25) is 0 Å². The van der Waals surface area contributed by atoms with Crippen molar-refractivity contribution in [1.29, 1.82) is 0 Å². The first-order valence-electron chi connectivity index (χ1n) is 7.80. The van der Waals surface area contributed by atoms with Crippen LogP contribution in [0.15, 0.2) is 48.5 Å². The minimum atomic E-state index is -0.188. The lowest BCUT2D eigenvalue weighted by Gasteiger charge is -2.16. The maximum atomic E-state index is 12.2. The first kappa shape index (κ1) is 16.9. The third-order valence-corrected chi connectivity index (χ3v) is 3.81. The first-order valence-corrected chi connectivity index (χ1v) is 7.80. The van der Waals surface area contributed by atoms with Gasteiger partial charge in [0.1, 0.15) is 0 Å². The molecule has 2 aromatic carbocycles. The summed E-state index contributed by atoms with van der Waals surface area (Å²) < 4.78 is 10.8. The lowest BCUT2D eigenvalue weighted by atomic mass is 9.97. The van der Waals surface area contributed by atoms with Crippen LogP contribution in [0.3, 0.4) is 0 Å². The summed E-state index contributed by atoms with van der Waals surface area (Å²) >= 11 is 0. The zero-order valence-electron chi connectivity index (χ0n) is 13.8. The van der Waals surface area contributed by atoms with E-state index in [-0.39, 0.29) is 12.5 Å². The summed E-state index contributed by atoms with van der Waals surface area (Å²) in [5, 5.41) is 2.93. The van der Waals surface area contributed by atoms with Gasteiger partial charge in [-0.15, -0.1) is 0 Å². The molecule has 0 fully saturated rings. The van der Waals surface area contributed by atoms with Gasteiger partial charge in [0.05, 0.1) is 7.11 Å². The van der Waals surface area contributed by atoms with Gasteiger partial charge in [-0.3, -0.25) is 4.79 Å². The minimum absolute atomic E-state index is 0.0603. The predicted octanol–water partition coefficient (Wildman–Crippen LogP) is 4.23. The van der Waals surface area contributed by atoms with Crippen LogP contribution in [0.25, 0.3) is 0 Å². The number of hydrogen-bond donors (Lipinski definition) is 1. The van der Waals surface area contributed by atoms with Gasteiger partial charge in [-0.25, -0.2) is 0 Å². The number of amides is 1. The van der Waals surface area contributed by atoms with Crippen molar-refractivity contribution in [2.75, 3.05) is 19.0 Å². The molecular formula is C19H23NO3. The number of hydrogen-bond acceptors (Lipinski definition) is 3. The zero-order chi connectivity index (χ0) is 16.7. The molecule has 0 spiro atoms. The van der Waals surface area contributed by atoms with E-state index in [0.29, 0.717) is 17.4 Å². The van der Waals surface area contributed by atoms with E-state index in [1.165, 1.54) is 0 Å². The van der Waals surface area contributed by atoms with Crippen LogP contribution in [-0.2, 0) is 4.79 Å². The molecule has 0 saturated heterocycles. The van der Waals surface area contributed by atoms with E-state index in [0.717, 1.165) is 17.7 Å². The normalized spacial score (nSPS) is 11.6. The highest BCUT2D eigenvalue weighted by Gasteiger charge is 2.12. The van der Waals surface area contributed by atoms with Crippen molar-refractivity contribution in [3.63, 3.8) is 0 Å². The second kappa shape index (κ2) is 8.22. The van der Waals surface area contributed by atoms with Crippen molar-refractivity contribution in [1.82, 2.24) is 0 Å². The maximum absolute atomic E-state index is 12.2. The van der Waals surface area contributed by atoms with E-state index >= 15 is 0 Å². The van der Waals surface area contributed by atoms with Gasteiger partial charge in [0.15, 0.2) is 18.1 Å².